The summed E-state index contributed by atoms with van der Waals surface area (Å²) < 4.78 is 0. The van der Waals surface area contributed by atoms with Gasteiger partial charge in [0.1, 0.15) is 0 Å². The molecular formula is C13H16ClN. The Morgan fingerprint density at radius 2 is 2.20 bits per heavy atom. The van der Waals surface area contributed by atoms with Gasteiger partial charge in [0.05, 0.1) is 6.04 Å². The molecule has 0 amide bonds. The third-order valence-electron chi connectivity index (χ3n) is 3.04. The average Bonchev–Trinajstić information content (AvgIpc) is 2.69. The van der Waals surface area contributed by atoms with Crippen molar-refractivity contribution < 1.29 is 0 Å². The lowest BCUT2D eigenvalue weighted by molar-refractivity contribution is 0.780. The molecule has 0 bridgehead atoms. The van der Waals surface area contributed by atoms with Gasteiger partial charge in [0.2, 0.25) is 0 Å². The van der Waals surface area contributed by atoms with Gasteiger partial charge in [-0.05, 0) is 49.4 Å². The standard InChI is InChI=1S/C13H16ClN/c1-9-8-11(14)6-7-12(9)13(15)10-4-2-3-5-10/h4,6-8,13H,2-3,5,15H2,1H3. The first kappa shape index (κ1) is 10.7. The molecule has 1 aromatic carbocycles. The van der Waals surface area contributed by atoms with Gasteiger partial charge >= 0.3 is 0 Å². The molecule has 0 heterocycles. The molecular weight excluding hydrogens is 206 g/mol. The van der Waals surface area contributed by atoms with Crippen LogP contribution < -0.4 is 5.73 Å². The van der Waals surface area contributed by atoms with E-state index in [4.69, 9.17) is 17.3 Å². The van der Waals surface area contributed by atoms with E-state index < -0.39 is 0 Å². The molecule has 1 nitrogen and oxygen atoms in total. The molecule has 0 aliphatic heterocycles. The minimum absolute atomic E-state index is 0.0600. The van der Waals surface area contributed by atoms with Crippen LogP contribution in [0.4, 0.5) is 0 Å². The molecule has 2 heteroatoms. The zero-order valence-electron chi connectivity index (χ0n) is 8.96. The van der Waals surface area contributed by atoms with Gasteiger partial charge in [-0.25, -0.2) is 0 Å². The van der Waals surface area contributed by atoms with Gasteiger partial charge in [0, 0.05) is 5.02 Å². The Balaban J connectivity index is 2.28. The third-order valence-corrected chi connectivity index (χ3v) is 3.28. The maximum absolute atomic E-state index is 6.24. The van der Waals surface area contributed by atoms with Crippen molar-refractivity contribution in [3.63, 3.8) is 0 Å². The predicted octanol–water partition coefficient (Wildman–Crippen LogP) is 3.76. The van der Waals surface area contributed by atoms with E-state index in [9.17, 15) is 0 Å². The van der Waals surface area contributed by atoms with Crippen molar-refractivity contribution in [2.24, 2.45) is 5.73 Å². The fourth-order valence-electron chi connectivity index (χ4n) is 2.17. The van der Waals surface area contributed by atoms with Gasteiger partial charge in [-0.15, -0.1) is 0 Å². The Bertz CT molecular complexity index is 396. The Hall–Kier alpha value is -0.790. The molecule has 0 saturated heterocycles. The summed E-state index contributed by atoms with van der Waals surface area (Å²) in [5.41, 5.74) is 10.00. The highest BCUT2D eigenvalue weighted by Gasteiger charge is 2.16. The lowest BCUT2D eigenvalue weighted by atomic mass is 9.95. The minimum atomic E-state index is 0.0600. The zero-order chi connectivity index (χ0) is 10.8. The predicted molar refractivity (Wildman–Crippen MR) is 65.1 cm³/mol. The fourth-order valence-corrected chi connectivity index (χ4v) is 2.39. The Morgan fingerprint density at radius 3 is 2.80 bits per heavy atom. The molecule has 80 valence electrons. The zero-order valence-corrected chi connectivity index (χ0v) is 9.72. The average molecular weight is 222 g/mol. The third kappa shape index (κ3) is 2.24. The summed E-state index contributed by atoms with van der Waals surface area (Å²) in [6, 6.07) is 6.00. The van der Waals surface area contributed by atoms with Gasteiger partial charge in [0.25, 0.3) is 0 Å². The number of aryl methyl sites for hydroxylation is 1. The Kier molecular flexibility index (Phi) is 3.13. The van der Waals surface area contributed by atoms with Crippen LogP contribution in [-0.2, 0) is 0 Å². The monoisotopic (exact) mass is 221 g/mol. The number of nitrogens with two attached hydrogens (primary N) is 1. The molecule has 0 fully saturated rings. The summed E-state index contributed by atoms with van der Waals surface area (Å²) in [5, 5.41) is 0.781. The van der Waals surface area contributed by atoms with Gasteiger partial charge in [0.15, 0.2) is 0 Å². The quantitative estimate of drug-likeness (QED) is 0.757. The number of hydrogen-bond acceptors (Lipinski definition) is 1. The second-order valence-corrected chi connectivity index (χ2v) is 4.59. The van der Waals surface area contributed by atoms with E-state index in [1.54, 1.807) is 0 Å². The number of rotatable bonds is 2. The van der Waals surface area contributed by atoms with Crippen molar-refractivity contribution in [3.05, 3.63) is 46.0 Å². The summed E-state index contributed by atoms with van der Waals surface area (Å²) >= 11 is 5.93. The van der Waals surface area contributed by atoms with E-state index in [1.807, 2.05) is 18.2 Å². The first-order valence-corrected chi connectivity index (χ1v) is 5.77. The molecule has 15 heavy (non-hydrogen) atoms. The highest BCUT2D eigenvalue weighted by Crippen LogP contribution is 2.31. The second kappa shape index (κ2) is 4.38. The minimum Gasteiger partial charge on any atom is -0.321 e. The lowest BCUT2D eigenvalue weighted by Gasteiger charge is -2.16. The molecule has 1 atom stereocenters. The first-order chi connectivity index (χ1) is 7.18. The van der Waals surface area contributed by atoms with Crippen LogP contribution in [0.3, 0.4) is 0 Å². The molecule has 1 aliphatic carbocycles. The number of benzene rings is 1. The first-order valence-electron chi connectivity index (χ1n) is 5.39. The van der Waals surface area contributed by atoms with E-state index >= 15 is 0 Å². The lowest BCUT2D eigenvalue weighted by Crippen LogP contribution is -2.13. The Labute approximate surface area is 95.9 Å². The van der Waals surface area contributed by atoms with Crippen molar-refractivity contribution in [2.75, 3.05) is 0 Å². The molecule has 1 unspecified atom stereocenters. The summed E-state index contributed by atoms with van der Waals surface area (Å²) in [7, 11) is 0. The van der Waals surface area contributed by atoms with Gasteiger partial charge in [-0.2, -0.15) is 0 Å². The SMILES string of the molecule is Cc1cc(Cl)ccc1C(N)C1=CCCC1. The van der Waals surface area contributed by atoms with Crippen molar-refractivity contribution in [1.29, 1.82) is 0 Å². The van der Waals surface area contributed by atoms with Crippen LogP contribution in [0.25, 0.3) is 0 Å². The maximum atomic E-state index is 6.24. The molecule has 2 N–H and O–H groups in total. The highest BCUT2D eigenvalue weighted by molar-refractivity contribution is 6.30. The van der Waals surface area contributed by atoms with E-state index in [0.29, 0.717) is 0 Å². The van der Waals surface area contributed by atoms with Crippen LogP contribution >= 0.6 is 11.6 Å². The van der Waals surface area contributed by atoms with Crippen LogP contribution in [0.15, 0.2) is 29.8 Å². The van der Waals surface area contributed by atoms with Gasteiger partial charge < -0.3 is 5.73 Å². The molecule has 2 rings (SSSR count). The maximum Gasteiger partial charge on any atom is 0.0513 e. The number of allylic oxidation sites excluding steroid dienone is 1. The number of hydrogen-bond donors (Lipinski definition) is 1. The van der Waals surface area contributed by atoms with E-state index in [1.165, 1.54) is 29.5 Å². The Morgan fingerprint density at radius 1 is 1.40 bits per heavy atom. The highest BCUT2D eigenvalue weighted by atomic mass is 35.5. The van der Waals surface area contributed by atoms with Crippen LogP contribution in [0, 0.1) is 6.92 Å². The largest absolute Gasteiger partial charge is 0.321 e. The topological polar surface area (TPSA) is 26.0 Å². The molecule has 1 aliphatic rings. The van der Waals surface area contributed by atoms with Crippen LogP contribution in [0.1, 0.15) is 36.4 Å². The normalized spacial score (nSPS) is 17.7. The summed E-state index contributed by atoms with van der Waals surface area (Å²) in [5.74, 6) is 0. The van der Waals surface area contributed by atoms with Crippen LogP contribution in [0.2, 0.25) is 5.02 Å². The van der Waals surface area contributed by atoms with Crippen LogP contribution in [0.5, 0.6) is 0 Å². The van der Waals surface area contributed by atoms with Crippen LogP contribution in [-0.4, -0.2) is 0 Å². The van der Waals surface area contributed by atoms with Crippen molar-refractivity contribution in [3.8, 4) is 0 Å². The van der Waals surface area contributed by atoms with Crippen molar-refractivity contribution in [2.45, 2.75) is 32.2 Å². The smallest absolute Gasteiger partial charge is 0.0513 e. The van der Waals surface area contributed by atoms with E-state index in [2.05, 4.69) is 13.0 Å². The summed E-state index contributed by atoms with van der Waals surface area (Å²) in [4.78, 5) is 0. The second-order valence-electron chi connectivity index (χ2n) is 4.15. The number of halogens is 1. The molecule has 0 aromatic heterocycles. The van der Waals surface area contributed by atoms with Crippen molar-refractivity contribution >= 4 is 11.6 Å². The molecule has 0 spiro atoms. The molecule has 1 aromatic rings. The summed E-state index contributed by atoms with van der Waals surface area (Å²) in [6.07, 6.45) is 5.84. The molecule has 0 saturated carbocycles. The fraction of sp³-hybridized carbons (Fsp3) is 0.385. The van der Waals surface area contributed by atoms with E-state index in [-0.39, 0.29) is 6.04 Å². The van der Waals surface area contributed by atoms with Gasteiger partial charge in [-0.3, -0.25) is 0 Å². The van der Waals surface area contributed by atoms with E-state index in [0.717, 1.165) is 11.4 Å². The van der Waals surface area contributed by atoms with Gasteiger partial charge in [-0.1, -0.05) is 29.3 Å². The molecule has 0 radical (unpaired) electrons. The van der Waals surface area contributed by atoms with Crippen molar-refractivity contribution in [1.82, 2.24) is 0 Å². The summed E-state index contributed by atoms with van der Waals surface area (Å²) in [6.45, 7) is 2.07.